The first-order valence-corrected chi connectivity index (χ1v) is 8.42. The monoisotopic (exact) mass is 426 g/mol. The van der Waals surface area contributed by atoms with Crippen LogP contribution >= 0.6 is 28.3 Å². The molecule has 0 bridgehead atoms. The van der Waals surface area contributed by atoms with E-state index in [4.69, 9.17) is 9.47 Å². The Hall–Kier alpha value is -1.76. The molecule has 1 amide bonds. The molecule has 134 valence electrons. The zero-order chi connectivity index (χ0) is 17.1. The van der Waals surface area contributed by atoms with Gasteiger partial charge >= 0.3 is 0 Å². The Kier molecular flexibility index (Phi) is 6.70. The van der Waals surface area contributed by atoms with Crippen molar-refractivity contribution >= 4 is 34.2 Å². The highest BCUT2D eigenvalue weighted by Gasteiger charge is 2.15. The molecule has 0 saturated carbocycles. The fourth-order valence-electron chi connectivity index (χ4n) is 2.74. The number of nitrogens with one attached hydrogen (secondary N) is 2. The molecule has 0 saturated heterocycles. The Morgan fingerprint density at radius 2 is 1.76 bits per heavy atom. The number of carbonyl (C=O) groups is 1. The maximum atomic E-state index is 12.4. The summed E-state index contributed by atoms with van der Waals surface area (Å²) in [6, 6.07) is 9.68. The first-order chi connectivity index (χ1) is 11.6. The number of ether oxygens (including phenoxy) is 2. The quantitative estimate of drug-likeness (QED) is 0.768. The molecule has 1 heterocycles. The Labute approximate surface area is 161 Å². The van der Waals surface area contributed by atoms with Crippen molar-refractivity contribution in [3.05, 3.63) is 57.1 Å². The lowest BCUT2D eigenvalue weighted by Gasteiger charge is -2.12. The van der Waals surface area contributed by atoms with Gasteiger partial charge in [-0.3, -0.25) is 4.79 Å². The van der Waals surface area contributed by atoms with Gasteiger partial charge in [-0.1, -0.05) is 18.2 Å². The molecule has 0 radical (unpaired) electrons. The fraction of sp³-hybridized carbons (Fsp3) is 0.278. The molecule has 0 fully saturated rings. The van der Waals surface area contributed by atoms with Crippen molar-refractivity contribution in [3.63, 3.8) is 0 Å². The second kappa shape index (κ2) is 8.56. The van der Waals surface area contributed by atoms with E-state index in [1.165, 1.54) is 11.1 Å². The predicted molar refractivity (Wildman–Crippen MR) is 103 cm³/mol. The SMILES string of the molecule is COc1cc(C(=O)NCc2ccc3c(c2)CNC3)cc(OC)c1Br.Cl. The molecule has 1 aliphatic rings. The molecular weight excluding hydrogens is 408 g/mol. The summed E-state index contributed by atoms with van der Waals surface area (Å²) in [5.74, 6) is 0.948. The zero-order valence-corrected chi connectivity index (χ0v) is 16.4. The highest BCUT2D eigenvalue weighted by Crippen LogP contribution is 2.35. The number of carbonyl (C=O) groups excluding carboxylic acids is 1. The van der Waals surface area contributed by atoms with E-state index in [1.54, 1.807) is 26.4 Å². The molecule has 0 spiro atoms. The summed E-state index contributed by atoms with van der Waals surface area (Å²) in [7, 11) is 3.11. The van der Waals surface area contributed by atoms with Gasteiger partial charge in [0, 0.05) is 25.2 Å². The minimum Gasteiger partial charge on any atom is -0.495 e. The summed E-state index contributed by atoms with van der Waals surface area (Å²) in [5, 5.41) is 6.26. The number of amides is 1. The van der Waals surface area contributed by atoms with Crippen LogP contribution in [0.25, 0.3) is 0 Å². The van der Waals surface area contributed by atoms with Crippen LogP contribution in [0.4, 0.5) is 0 Å². The minimum absolute atomic E-state index is 0. The average molecular weight is 428 g/mol. The first-order valence-electron chi connectivity index (χ1n) is 7.63. The highest BCUT2D eigenvalue weighted by atomic mass is 79.9. The van der Waals surface area contributed by atoms with E-state index in [2.05, 4.69) is 44.8 Å². The Balaban J connectivity index is 0.00000225. The van der Waals surface area contributed by atoms with Crippen molar-refractivity contribution in [2.45, 2.75) is 19.6 Å². The third kappa shape index (κ3) is 4.26. The third-order valence-electron chi connectivity index (χ3n) is 4.06. The van der Waals surface area contributed by atoms with Crippen LogP contribution in [0.5, 0.6) is 11.5 Å². The molecule has 2 aromatic carbocycles. The molecule has 0 unspecified atom stereocenters. The van der Waals surface area contributed by atoms with Crippen LogP contribution in [0.2, 0.25) is 0 Å². The molecular formula is C18H20BrClN2O3. The highest BCUT2D eigenvalue weighted by molar-refractivity contribution is 9.10. The van der Waals surface area contributed by atoms with Gasteiger partial charge in [-0.25, -0.2) is 0 Å². The van der Waals surface area contributed by atoms with E-state index >= 15 is 0 Å². The molecule has 2 N–H and O–H groups in total. The van der Waals surface area contributed by atoms with Gasteiger partial charge in [0.1, 0.15) is 16.0 Å². The van der Waals surface area contributed by atoms with Crippen molar-refractivity contribution in [2.75, 3.05) is 14.2 Å². The third-order valence-corrected chi connectivity index (χ3v) is 4.84. The molecule has 0 atom stereocenters. The van der Waals surface area contributed by atoms with Gasteiger partial charge in [-0.15, -0.1) is 12.4 Å². The number of fused-ring (bicyclic) bond motifs is 1. The number of benzene rings is 2. The van der Waals surface area contributed by atoms with Gasteiger partial charge in [-0.05, 0) is 44.8 Å². The smallest absolute Gasteiger partial charge is 0.251 e. The van der Waals surface area contributed by atoms with Crippen LogP contribution in [0, 0.1) is 0 Å². The topological polar surface area (TPSA) is 59.6 Å². The molecule has 0 aliphatic carbocycles. The molecule has 3 rings (SSSR count). The first kappa shape index (κ1) is 19.6. The number of rotatable bonds is 5. The Morgan fingerprint density at radius 1 is 1.12 bits per heavy atom. The van der Waals surface area contributed by atoms with Crippen LogP contribution in [0.15, 0.2) is 34.8 Å². The number of hydrogen-bond acceptors (Lipinski definition) is 4. The Morgan fingerprint density at radius 3 is 2.40 bits per heavy atom. The molecule has 1 aliphatic heterocycles. The largest absolute Gasteiger partial charge is 0.495 e. The standard InChI is InChI=1S/C18H19BrN2O3.ClH/c1-23-15-6-13(7-16(24-2)17(15)19)18(22)21-8-11-3-4-12-9-20-10-14(12)5-11;/h3-7,20H,8-10H2,1-2H3,(H,21,22);1H. The van der Waals surface area contributed by atoms with Crippen molar-refractivity contribution < 1.29 is 14.3 Å². The lowest BCUT2D eigenvalue weighted by molar-refractivity contribution is 0.0950. The van der Waals surface area contributed by atoms with Crippen LogP contribution in [-0.4, -0.2) is 20.1 Å². The molecule has 2 aromatic rings. The summed E-state index contributed by atoms with van der Waals surface area (Å²) in [6.45, 7) is 2.28. The second-order valence-corrected chi connectivity index (χ2v) is 6.38. The van der Waals surface area contributed by atoms with Crippen LogP contribution in [0.3, 0.4) is 0 Å². The minimum atomic E-state index is -0.169. The molecule has 0 aromatic heterocycles. The lowest BCUT2D eigenvalue weighted by Crippen LogP contribution is -2.23. The summed E-state index contributed by atoms with van der Waals surface area (Å²) >= 11 is 3.40. The normalized spacial score (nSPS) is 12.1. The predicted octanol–water partition coefficient (Wildman–Crippen LogP) is 3.42. The summed E-state index contributed by atoms with van der Waals surface area (Å²) in [5.41, 5.74) is 4.21. The maximum Gasteiger partial charge on any atom is 0.251 e. The van der Waals surface area contributed by atoms with E-state index in [0.717, 1.165) is 18.7 Å². The van der Waals surface area contributed by atoms with Crippen molar-refractivity contribution in [1.29, 1.82) is 0 Å². The van der Waals surface area contributed by atoms with E-state index in [0.29, 0.717) is 28.1 Å². The van der Waals surface area contributed by atoms with Crippen LogP contribution < -0.4 is 20.1 Å². The maximum absolute atomic E-state index is 12.4. The molecule has 5 nitrogen and oxygen atoms in total. The van der Waals surface area contributed by atoms with Crippen molar-refractivity contribution in [1.82, 2.24) is 10.6 Å². The summed E-state index contributed by atoms with van der Waals surface area (Å²) in [4.78, 5) is 12.4. The summed E-state index contributed by atoms with van der Waals surface area (Å²) in [6.07, 6.45) is 0. The molecule has 7 heteroatoms. The van der Waals surface area contributed by atoms with Gasteiger partial charge < -0.3 is 20.1 Å². The summed E-state index contributed by atoms with van der Waals surface area (Å²) < 4.78 is 11.2. The van der Waals surface area contributed by atoms with Gasteiger partial charge in [-0.2, -0.15) is 0 Å². The van der Waals surface area contributed by atoms with E-state index < -0.39 is 0 Å². The number of methoxy groups -OCH3 is 2. The fourth-order valence-corrected chi connectivity index (χ4v) is 3.30. The number of halogens is 2. The second-order valence-electron chi connectivity index (χ2n) is 5.58. The van der Waals surface area contributed by atoms with E-state index in [-0.39, 0.29) is 18.3 Å². The van der Waals surface area contributed by atoms with E-state index in [1.807, 2.05) is 0 Å². The van der Waals surface area contributed by atoms with Crippen molar-refractivity contribution in [3.8, 4) is 11.5 Å². The Bertz CT molecular complexity index is 758. The average Bonchev–Trinajstić information content (AvgIpc) is 3.07. The van der Waals surface area contributed by atoms with E-state index in [9.17, 15) is 4.79 Å². The van der Waals surface area contributed by atoms with Crippen molar-refractivity contribution in [2.24, 2.45) is 0 Å². The molecule has 25 heavy (non-hydrogen) atoms. The van der Waals surface area contributed by atoms with Crippen LogP contribution in [0.1, 0.15) is 27.0 Å². The lowest BCUT2D eigenvalue weighted by atomic mass is 10.1. The number of hydrogen-bond donors (Lipinski definition) is 2. The van der Waals surface area contributed by atoms with Gasteiger partial charge in [0.15, 0.2) is 0 Å². The zero-order valence-electron chi connectivity index (χ0n) is 14.0. The van der Waals surface area contributed by atoms with Gasteiger partial charge in [0.05, 0.1) is 14.2 Å². The van der Waals surface area contributed by atoms with Crippen LogP contribution in [-0.2, 0) is 19.6 Å². The van der Waals surface area contributed by atoms with Gasteiger partial charge in [0.2, 0.25) is 0 Å². The van der Waals surface area contributed by atoms with Gasteiger partial charge in [0.25, 0.3) is 5.91 Å².